The Morgan fingerprint density at radius 1 is 1.33 bits per heavy atom. The first-order valence-corrected chi connectivity index (χ1v) is 7.57. The van der Waals surface area contributed by atoms with Crippen LogP contribution in [0.25, 0.3) is 0 Å². The molecule has 1 aromatic carbocycles. The average molecular weight is 291 g/mol. The van der Waals surface area contributed by atoms with Crippen molar-refractivity contribution < 1.29 is 14.3 Å². The molecule has 0 saturated carbocycles. The summed E-state index contributed by atoms with van der Waals surface area (Å²) in [5, 5.41) is 3.30. The van der Waals surface area contributed by atoms with Gasteiger partial charge in [0.15, 0.2) is 0 Å². The minimum absolute atomic E-state index is 0.126. The van der Waals surface area contributed by atoms with Crippen molar-refractivity contribution in [1.82, 2.24) is 5.32 Å². The van der Waals surface area contributed by atoms with Crippen molar-refractivity contribution in [3.8, 4) is 5.75 Å². The normalized spacial score (nSPS) is 22.1. The van der Waals surface area contributed by atoms with Crippen molar-refractivity contribution in [3.05, 3.63) is 29.8 Å². The topological polar surface area (TPSA) is 47.6 Å². The third-order valence-corrected chi connectivity index (χ3v) is 3.52. The SMILES string of the molecule is CCOc1cccc(C2CNCC2C(=O)OC(C)(C)C)c1. The van der Waals surface area contributed by atoms with Crippen molar-refractivity contribution in [2.75, 3.05) is 19.7 Å². The molecule has 1 saturated heterocycles. The molecule has 4 nitrogen and oxygen atoms in total. The van der Waals surface area contributed by atoms with Crippen LogP contribution in [-0.4, -0.2) is 31.3 Å². The summed E-state index contributed by atoms with van der Waals surface area (Å²) in [5.74, 6) is 0.727. The fourth-order valence-electron chi connectivity index (χ4n) is 2.66. The summed E-state index contributed by atoms with van der Waals surface area (Å²) >= 11 is 0. The zero-order valence-electron chi connectivity index (χ0n) is 13.3. The van der Waals surface area contributed by atoms with Crippen LogP contribution in [0.5, 0.6) is 5.75 Å². The molecule has 1 N–H and O–H groups in total. The number of ether oxygens (including phenoxy) is 2. The van der Waals surface area contributed by atoms with Crippen LogP contribution < -0.4 is 10.1 Å². The predicted molar refractivity (Wildman–Crippen MR) is 82.6 cm³/mol. The van der Waals surface area contributed by atoms with Gasteiger partial charge in [-0.25, -0.2) is 0 Å². The average Bonchev–Trinajstić information content (AvgIpc) is 2.86. The highest BCUT2D eigenvalue weighted by Crippen LogP contribution is 2.32. The van der Waals surface area contributed by atoms with Crippen LogP contribution in [0, 0.1) is 5.92 Å². The molecule has 2 atom stereocenters. The number of rotatable bonds is 4. The minimum Gasteiger partial charge on any atom is -0.494 e. The highest BCUT2D eigenvalue weighted by atomic mass is 16.6. The fourth-order valence-corrected chi connectivity index (χ4v) is 2.66. The van der Waals surface area contributed by atoms with Gasteiger partial charge in [0.2, 0.25) is 0 Å². The maximum Gasteiger partial charge on any atom is 0.311 e. The zero-order valence-corrected chi connectivity index (χ0v) is 13.3. The number of carbonyl (C=O) groups is 1. The summed E-state index contributed by atoms with van der Waals surface area (Å²) in [6.07, 6.45) is 0. The molecule has 0 aliphatic carbocycles. The molecule has 2 rings (SSSR count). The maximum absolute atomic E-state index is 12.4. The molecule has 116 valence electrons. The summed E-state index contributed by atoms with van der Waals surface area (Å²) in [5.41, 5.74) is 0.680. The molecule has 1 aliphatic rings. The molecule has 1 aromatic rings. The Morgan fingerprint density at radius 2 is 2.10 bits per heavy atom. The summed E-state index contributed by atoms with van der Waals surface area (Å²) in [7, 11) is 0. The van der Waals surface area contributed by atoms with E-state index in [1.54, 1.807) is 0 Å². The van der Waals surface area contributed by atoms with Crippen molar-refractivity contribution in [3.63, 3.8) is 0 Å². The molecule has 4 heteroatoms. The second-order valence-corrected chi connectivity index (χ2v) is 6.41. The number of esters is 1. The third-order valence-electron chi connectivity index (χ3n) is 3.52. The second-order valence-electron chi connectivity index (χ2n) is 6.41. The van der Waals surface area contributed by atoms with Crippen molar-refractivity contribution >= 4 is 5.97 Å². The highest BCUT2D eigenvalue weighted by Gasteiger charge is 2.36. The highest BCUT2D eigenvalue weighted by molar-refractivity contribution is 5.75. The van der Waals surface area contributed by atoms with Gasteiger partial charge in [-0.05, 0) is 45.4 Å². The summed E-state index contributed by atoms with van der Waals surface area (Å²) in [6.45, 7) is 9.76. The number of benzene rings is 1. The number of hydrogen-bond acceptors (Lipinski definition) is 4. The Bertz CT molecular complexity index is 493. The molecule has 0 radical (unpaired) electrons. The van der Waals surface area contributed by atoms with E-state index in [1.807, 2.05) is 45.9 Å². The van der Waals surface area contributed by atoms with E-state index in [0.29, 0.717) is 13.2 Å². The lowest BCUT2D eigenvalue weighted by molar-refractivity contribution is -0.159. The van der Waals surface area contributed by atoms with Crippen LogP contribution in [-0.2, 0) is 9.53 Å². The van der Waals surface area contributed by atoms with Gasteiger partial charge >= 0.3 is 5.97 Å². The molecule has 0 aromatic heterocycles. The van der Waals surface area contributed by atoms with Crippen LogP contribution in [0.2, 0.25) is 0 Å². The number of nitrogens with one attached hydrogen (secondary N) is 1. The Hall–Kier alpha value is -1.55. The molecule has 1 fully saturated rings. The Balaban J connectivity index is 2.14. The standard InChI is InChI=1S/C17H25NO3/c1-5-20-13-8-6-7-12(9-13)14-10-18-11-15(14)16(19)21-17(2,3)4/h6-9,14-15,18H,5,10-11H2,1-4H3. The van der Waals surface area contributed by atoms with Gasteiger partial charge in [0, 0.05) is 19.0 Å². The maximum atomic E-state index is 12.4. The Morgan fingerprint density at radius 3 is 2.76 bits per heavy atom. The van der Waals surface area contributed by atoms with E-state index in [9.17, 15) is 4.79 Å². The zero-order chi connectivity index (χ0) is 15.5. The first kappa shape index (κ1) is 15.8. The molecule has 1 aliphatic heterocycles. The summed E-state index contributed by atoms with van der Waals surface area (Å²) in [6, 6.07) is 8.00. The molecule has 0 spiro atoms. The van der Waals surface area contributed by atoms with Crippen LogP contribution in [0.15, 0.2) is 24.3 Å². The first-order chi connectivity index (χ1) is 9.90. The van der Waals surface area contributed by atoms with Gasteiger partial charge in [0.1, 0.15) is 11.4 Å². The summed E-state index contributed by atoms with van der Waals surface area (Å²) < 4.78 is 11.1. The van der Waals surface area contributed by atoms with Gasteiger partial charge < -0.3 is 14.8 Å². The number of hydrogen-bond donors (Lipinski definition) is 1. The lowest BCUT2D eigenvalue weighted by Gasteiger charge is -2.24. The number of carbonyl (C=O) groups excluding carboxylic acids is 1. The molecule has 0 amide bonds. The smallest absolute Gasteiger partial charge is 0.311 e. The first-order valence-electron chi connectivity index (χ1n) is 7.57. The van der Waals surface area contributed by atoms with Gasteiger partial charge in [0.05, 0.1) is 12.5 Å². The van der Waals surface area contributed by atoms with E-state index < -0.39 is 5.60 Å². The van der Waals surface area contributed by atoms with Crippen molar-refractivity contribution in [1.29, 1.82) is 0 Å². The largest absolute Gasteiger partial charge is 0.494 e. The molecular formula is C17H25NO3. The van der Waals surface area contributed by atoms with Crippen molar-refractivity contribution in [2.24, 2.45) is 5.92 Å². The molecule has 1 heterocycles. The van der Waals surface area contributed by atoms with Gasteiger partial charge in [-0.3, -0.25) is 4.79 Å². The monoisotopic (exact) mass is 291 g/mol. The van der Waals surface area contributed by atoms with E-state index in [0.717, 1.165) is 17.9 Å². The van der Waals surface area contributed by atoms with E-state index in [1.165, 1.54) is 0 Å². The third kappa shape index (κ3) is 4.21. The molecule has 2 unspecified atom stereocenters. The fraction of sp³-hybridized carbons (Fsp3) is 0.588. The van der Waals surface area contributed by atoms with E-state index in [2.05, 4.69) is 11.4 Å². The van der Waals surface area contributed by atoms with Crippen LogP contribution in [0.1, 0.15) is 39.2 Å². The minimum atomic E-state index is -0.447. The second kappa shape index (κ2) is 6.48. The van der Waals surface area contributed by atoms with Crippen LogP contribution in [0.4, 0.5) is 0 Å². The molecule has 0 bridgehead atoms. The lowest BCUT2D eigenvalue weighted by Crippen LogP contribution is -2.31. The lowest BCUT2D eigenvalue weighted by atomic mass is 9.88. The van der Waals surface area contributed by atoms with Crippen molar-refractivity contribution in [2.45, 2.75) is 39.2 Å². The van der Waals surface area contributed by atoms with Gasteiger partial charge in [-0.2, -0.15) is 0 Å². The molecular weight excluding hydrogens is 266 g/mol. The quantitative estimate of drug-likeness (QED) is 0.867. The van der Waals surface area contributed by atoms with Crippen LogP contribution in [0.3, 0.4) is 0 Å². The van der Waals surface area contributed by atoms with E-state index in [-0.39, 0.29) is 17.8 Å². The van der Waals surface area contributed by atoms with Gasteiger partial charge in [-0.1, -0.05) is 12.1 Å². The van der Waals surface area contributed by atoms with Gasteiger partial charge in [-0.15, -0.1) is 0 Å². The Kier molecular flexibility index (Phi) is 4.88. The predicted octanol–water partition coefficient (Wildman–Crippen LogP) is 2.73. The van der Waals surface area contributed by atoms with E-state index >= 15 is 0 Å². The summed E-state index contributed by atoms with van der Waals surface area (Å²) in [4.78, 5) is 12.4. The molecule has 21 heavy (non-hydrogen) atoms. The Labute approximate surface area is 126 Å². The van der Waals surface area contributed by atoms with Crippen LogP contribution >= 0.6 is 0 Å². The van der Waals surface area contributed by atoms with E-state index in [4.69, 9.17) is 9.47 Å². The van der Waals surface area contributed by atoms with Gasteiger partial charge in [0.25, 0.3) is 0 Å².